The number of thioether (sulfide) groups is 1. The van der Waals surface area contributed by atoms with E-state index in [1.54, 1.807) is 13.8 Å². The molecule has 0 spiro atoms. The van der Waals surface area contributed by atoms with Crippen LogP contribution in [0.2, 0.25) is 0 Å². The number of hydrogen-bond acceptors (Lipinski definition) is 4. The third-order valence-corrected chi connectivity index (χ3v) is 2.66. The summed E-state index contributed by atoms with van der Waals surface area (Å²) in [6, 6.07) is -0.240. The van der Waals surface area contributed by atoms with Gasteiger partial charge in [-0.2, -0.15) is 0 Å². The van der Waals surface area contributed by atoms with Gasteiger partial charge in [-0.3, -0.25) is 9.36 Å². The molecule has 1 heterocycles. The average molecular weight is 251 g/mol. The number of carbonyl (C=O) groups is 1. The van der Waals surface area contributed by atoms with Gasteiger partial charge in [0.15, 0.2) is 5.16 Å². The van der Waals surface area contributed by atoms with Crippen LogP contribution in [-0.2, 0) is 4.79 Å². The van der Waals surface area contributed by atoms with Crippen LogP contribution in [-0.4, -0.2) is 31.6 Å². The Kier molecular flexibility index (Phi) is 4.22. The quantitative estimate of drug-likeness (QED) is 0.810. The zero-order valence-corrected chi connectivity index (χ0v) is 9.54. The van der Waals surface area contributed by atoms with Crippen LogP contribution in [0.25, 0.3) is 0 Å². The van der Waals surface area contributed by atoms with Crippen molar-refractivity contribution in [3.8, 4) is 0 Å². The van der Waals surface area contributed by atoms with E-state index < -0.39 is 18.2 Å². The van der Waals surface area contributed by atoms with Gasteiger partial charge in [0.1, 0.15) is 0 Å². The highest BCUT2D eigenvalue weighted by atomic mass is 32.2. The number of carboxylic acid groups (broad SMARTS) is 1. The molecule has 5 nitrogen and oxygen atoms in total. The smallest absolute Gasteiger partial charge is 0.313 e. The molecule has 16 heavy (non-hydrogen) atoms. The summed E-state index contributed by atoms with van der Waals surface area (Å²) in [7, 11) is 0. The summed E-state index contributed by atoms with van der Waals surface area (Å²) in [6.45, 7) is 3.42. The first-order valence-electron chi connectivity index (χ1n) is 4.51. The van der Waals surface area contributed by atoms with Gasteiger partial charge in [0, 0.05) is 6.04 Å². The second-order valence-corrected chi connectivity index (χ2v) is 4.23. The topological polar surface area (TPSA) is 68.0 Å². The summed E-state index contributed by atoms with van der Waals surface area (Å²) in [6.07, 6.45) is -2.71. The van der Waals surface area contributed by atoms with Crippen molar-refractivity contribution in [3.63, 3.8) is 0 Å². The molecule has 0 unspecified atom stereocenters. The number of halogens is 2. The lowest BCUT2D eigenvalue weighted by Crippen LogP contribution is -2.09. The highest BCUT2D eigenvalue weighted by Crippen LogP contribution is 2.26. The number of alkyl halides is 2. The molecule has 0 atom stereocenters. The van der Waals surface area contributed by atoms with Gasteiger partial charge < -0.3 is 5.11 Å². The molecule has 0 amide bonds. The first-order chi connectivity index (χ1) is 7.43. The first-order valence-corrected chi connectivity index (χ1v) is 5.49. The highest BCUT2D eigenvalue weighted by Gasteiger charge is 2.22. The Bertz CT molecular complexity index is 381. The summed E-state index contributed by atoms with van der Waals surface area (Å²) >= 11 is 0.878. The molecule has 90 valence electrons. The molecule has 0 radical (unpaired) electrons. The minimum Gasteiger partial charge on any atom is -0.481 e. The molecule has 8 heteroatoms. The maximum absolute atomic E-state index is 12.6. The first kappa shape index (κ1) is 12.9. The predicted molar refractivity (Wildman–Crippen MR) is 53.7 cm³/mol. The standard InChI is InChI=1S/C8H11F2N3O2S/c1-4(2)13-7(6(9)10)11-12-8(13)16-3-5(14)15/h4,6H,3H2,1-2H3,(H,14,15). The summed E-state index contributed by atoms with van der Waals surface area (Å²) in [4.78, 5) is 10.4. The van der Waals surface area contributed by atoms with Crippen LogP contribution in [0, 0.1) is 0 Å². The summed E-state index contributed by atoms with van der Waals surface area (Å²) < 4.78 is 26.4. The van der Waals surface area contributed by atoms with Gasteiger partial charge in [-0.25, -0.2) is 8.78 Å². The number of aromatic nitrogens is 3. The van der Waals surface area contributed by atoms with E-state index in [0.29, 0.717) is 0 Å². The fraction of sp³-hybridized carbons (Fsp3) is 0.625. The molecule has 0 saturated carbocycles. The molecule has 0 aliphatic heterocycles. The Balaban J connectivity index is 2.96. The molecule has 0 aromatic carbocycles. The number of rotatable bonds is 5. The summed E-state index contributed by atoms with van der Waals surface area (Å²) in [5.41, 5.74) is 0. The van der Waals surface area contributed by atoms with Crippen LogP contribution in [0.15, 0.2) is 5.16 Å². The molecular formula is C8H11F2N3O2S. The van der Waals surface area contributed by atoms with E-state index in [4.69, 9.17) is 5.11 Å². The maximum Gasteiger partial charge on any atom is 0.313 e. The van der Waals surface area contributed by atoms with Gasteiger partial charge in [0.2, 0.25) is 5.82 Å². The number of hydrogen-bond donors (Lipinski definition) is 1. The van der Waals surface area contributed by atoms with E-state index in [1.165, 1.54) is 4.57 Å². The van der Waals surface area contributed by atoms with E-state index in [2.05, 4.69) is 10.2 Å². The van der Waals surface area contributed by atoms with E-state index in [-0.39, 0.29) is 17.0 Å². The van der Waals surface area contributed by atoms with Gasteiger partial charge in [-0.1, -0.05) is 11.8 Å². The highest BCUT2D eigenvalue weighted by molar-refractivity contribution is 7.99. The van der Waals surface area contributed by atoms with Gasteiger partial charge in [0.25, 0.3) is 6.43 Å². The average Bonchev–Trinajstić information content (AvgIpc) is 2.57. The largest absolute Gasteiger partial charge is 0.481 e. The molecule has 0 bridgehead atoms. The van der Waals surface area contributed by atoms with E-state index >= 15 is 0 Å². The minimum absolute atomic E-state index is 0.202. The molecule has 0 aliphatic carbocycles. The molecule has 1 aromatic rings. The van der Waals surface area contributed by atoms with Crippen LogP contribution >= 0.6 is 11.8 Å². The second kappa shape index (κ2) is 5.24. The van der Waals surface area contributed by atoms with E-state index in [0.717, 1.165) is 11.8 Å². The SMILES string of the molecule is CC(C)n1c(SCC(=O)O)nnc1C(F)F. The van der Waals surface area contributed by atoms with Crippen molar-refractivity contribution < 1.29 is 18.7 Å². The molecule has 1 rings (SSSR count). The second-order valence-electron chi connectivity index (χ2n) is 3.29. The number of nitrogens with zero attached hydrogens (tertiary/aromatic N) is 3. The van der Waals surface area contributed by atoms with Crippen LogP contribution in [0.4, 0.5) is 8.78 Å². The molecule has 0 saturated heterocycles. The van der Waals surface area contributed by atoms with E-state index in [9.17, 15) is 13.6 Å². The normalized spacial score (nSPS) is 11.4. The molecule has 1 N–H and O–H groups in total. The predicted octanol–water partition coefficient (Wildman–Crippen LogP) is 1.97. The van der Waals surface area contributed by atoms with Crippen LogP contribution in [0.5, 0.6) is 0 Å². The third kappa shape index (κ3) is 2.91. The molecular weight excluding hydrogens is 240 g/mol. The van der Waals surface area contributed by atoms with Crippen molar-refractivity contribution in [1.29, 1.82) is 0 Å². The lowest BCUT2D eigenvalue weighted by molar-refractivity contribution is -0.133. The van der Waals surface area contributed by atoms with Crippen molar-refractivity contribution in [3.05, 3.63) is 5.82 Å². The fourth-order valence-electron chi connectivity index (χ4n) is 1.15. The Morgan fingerprint density at radius 2 is 2.12 bits per heavy atom. The maximum atomic E-state index is 12.6. The van der Waals surface area contributed by atoms with Crippen LogP contribution in [0.1, 0.15) is 32.1 Å². The minimum atomic E-state index is -2.71. The van der Waals surface area contributed by atoms with Crippen molar-refractivity contribution >= 4 is 17.7 Å². The van der Waals surface area contributed by atoms with Gasteiger partial charge in [0.05, 0.1) is 5.75 Å². The van der Waals surface area contributed by atoms with E-state index in [1.807, 2.05) is 0 Å². The Labute approximate surface area is 94.9 Å². The zero-order chi connectivity index (χ0) is 12.3. The lowest BCUT2D eigenvalue weighted by atomic mass is 10.4. The summed E-state index contributed by atoms with van der Waals surface area (Å²) in [5.74, 6) is -1.68. The van der Waals surface area contributed by atoms with Gasteiger partial charge >= 0.3 is 5.97 Å². The van der Waals surface area contributed by atoms with Crippen LogP contribution < -0.4 is 0 Å². The third-order valence-electron chi connectivity index (χ3n) is 1.73. The number of carboxylic acids is 1. The molecule has 0 aliphatic rings. The van der Waals surface area contributed by atoms with Gasteiger partial charge in [-0.15, -0.1) is 10.2 Å². The van der Waals surface area contributed by atoms with Crippen molar-refractivity contribution in [1.82, 2.24) is 14.8 Å². The Morgan fingerprint density at radius 3 is 2.56 bits per heavy atom. The lowest BCUT2D eigenvalue weighted by Gasteiger charge is -2.12. The fourth-order valence-corrected chi connectivity index (χ4v) is 1.94. The molecule has 1 aromatic heterocycles. The Morgan fingerprint density at radius 1 is 1.50 bits per heavy atom. The van der Waals surface area contributed by atoms with Crippen LogP contribution in [0.3, 0.4) is 0 Å². The molecule has 0 fully saturated rings. The monoisotopic (exact) mass is 251 g/mol. The van der Waals surface area contributed by atoms with Crippen molar-refractivity contribution in [2.45, 2.75) is 31.5 Å². The van der Waals surface area contributed by atoms with Crippen molar-refractivity contribution in [2.75, 3.05) is 5.75 Å². The van der Waals surface area contributed by atoms with Gasteiger partial charge in [-0.05, 0) is 13.8 Å². The zero-order valence-electron chi connectivity index (χ0n) is 8.72. The number of aliphatic carboxylic acids is 1. The van der Waals surface area contributed by atoms with Crippen molar-refractivity contribution in [2.24, 2.45) is 0 Å². The summed E-state index contributed by atoms with van der Waals surface area (Å²) in [5, 5.41) is 15.6. The Hall–Kier alpha value is -1.18.